The first-order chi connectivity index (χ1) is 9.33. The normalized spacial score (nSPS) is 17.0. The molecule has 1 aromatic carbocycles. The molecule has 1 saturated heterocycles. The molecule has 2 heteroatoms. The molecule has 1 N–H and O–H groups in total. The first-order valence-corrected chi connectivity index (χ1v) is 7.83. The monoisotopic (exact) mass is 260 g/mol. The Labute approximate surface area is 118 Å². The fourth-order valence-corrected chi connectivity index (χ4v) is 3.03. The fraction of sp³-hybridized carbons (Fsp3) is 0.647. The average Bonchev–Trinajstić information content (AvgIpc) is 2.48. The average molecular weight is 260 g/mol. The van der Waals surface area contributed by atoms with Crippen LogP contribution < -0.4 is 5.32 Å². The van der Waals surface area contributed by atoms with Crippen molar-refractivity contribution in [3.63, 3.8) is 0 Å². The van der Waals surface area contributed by atoms with Crippen LogP contribution in [0.2, 0.25) is 0 Å². The van der Waals surface area contributed by atoms with Gasteiger partial charge in [0, 0.05) is 13.1 Å². The highest BCUT2D eigenvalue weighted by Gasteiger charge is 2.16. The third-order valence-electron chi connectivity index (χ3n) is 4.32. The molecule has 1 heterocycles. The largest absolute Gasteiger partial charge is 0.317 e. The van der Waals surface area contributed by atoms with E-state index in [1.165, 1.54) is 43.6 Å². The molecule has 0 spiro atoms. The summed E-state index contributed by atoms with van der Waals surface area (Å²) < 4.78 is 0. The second-order valence-electron chi connectivity index (χ2n) is 5.64. The molecular formula is C17H28N2. The van der Waals surface area contributed by atoms with E-state index in [-0.39, 0.29) is 0 Å². The van der Waals surface area contributed by atoms with E-state index in [2.05, 4.69) is 48.3 Å². The van der Waals surface area contributed by atoms with E-state index >= 15 is 0 Å². The van der Waals surface area contributed by atoms with Crippen LogP contribution in [0.5, 0.6) is 0 Å². The van der Waals surface area contributed by atoms with Crippen molar-refractivity contribution in [1.29, 1.82) is 0 Å². The number of benzene rings is 1. The van der Waals surface area contributed by atoms with Gasteiger partial charge in [-0.05, 0) is 55.9 Å². The molecule has 0 unspecified atom stereocenters. The molecule has 1 aromatic rings. The van der Waals surface area contributed by atoms with Gasteiger partial charge in [-0.1, -0.05) is 38.1 Å². The lowest BCUT2D eigenvalue weighted by molar-refractivity contribution is 0.206. The highest BCUT2D eigenvalue weighted by atomic mass is 15.1. The molecule has 0 aliphatic carbocycles. The van der Waals surface area contributed by atoms with Gasteiger partial charge >= 0.3 is 0 Å². The predicted molar refractivity (Wildman–Crippen MR) is 82.4 cm³/mol. The molecular weight excluding hydrogens is 232 g/mol. The summed E-state index contributed by atoms with van der Waals surface area (Å²) in [5.74, 6) is 0.884. The number of hydrogen-bond donors (Lipinski definition) is 1. The highest BCUT2D eigenvalue weighted by Crippen LogP contribution is 2.17. The summed E-state index contributed by atoms with van der Waals surface area (Å²) >= 11 is 0. The van der Waals surface area contributed by atoms with Crippen LogP contribution in [0.4, 0.5) is 0 Å². The van der Waals surface area contributed by atoms with Crippen LogP contribution in [-0.4, -0.2) is 31.1 Å². The minimum absolute atomic E-state index is 0.884. The molecule has 1 aliphatic heterocycles. The number of hydrogen-bond acceptors (Lipinski definition) is 2. The van der Waals surface area contributed by atoms with E-state index in [1.807, 2.05) is 0 Å². The molecule has 0 bridgehead atoms. The van der Waals surface area contributed by atoms with Crippen LogP contribution in [0.1, 0.15) is 37.8 Å². The second kappa shape index (κ2) is 7.66. The van der Waals surface area contributed by atoms with Gasteiger partial charge in [-0.3, -0.25) is 4.90 Å². The molecule has 0 amide bonds. The van der Waals surface area contributed by atoms with E-state index in [0.717, 1.165) is 25.4 Å². The van der Waals surface area contributed by atoms with Gasteiger partial charge in [-0.15, -0.1) is 0 Å². The van der Waals surface area contributed by atoms with Crippen molar-refractivity contribution in [3.8, 4) is 0 Å². The topological polar surface area (TPSA) is 15.3 Å². The molecule has 0 atom stereocenters. The maximum atomic E-state index is 3.46. The molecule has 19 heavy (non-hydrogen) atoms. The summed E-state index contributed by atoms with van der Waals surface area (Å²) in [5.41, 5.74) is 3.02. The summed E-state index contributed by atoms with van der Waals surface area (Å²) in [6.45, 7) is 10.5. The molecule has 1 aliphatic rings. The standard InChI is InChI=1S/C17H28N2/c1-3-16-7-5-6-8-17(16)14-19(4-2)13-15-9-11-18-12-10-15/h5-8,15,18H,3-4,9-14H2,1-2H3. The van der Waals surface area contributed by atoms with E-state index in [1.54, 1.807) is 0 Å². The van der Waals surface area contributed by atoms with Crippen LogP contribution in [0, 0.1) is 5.92 Å². The Morgan fingerprint density at radius 1 is 1.11 bits per heavy atom. The van der Waals surface area contributed by atoms with Gasteiger partial charge in [0.25, 0.3) is 0 Å². The van der Waals surface area contributed by atoms with Gasteiger partial charge in [0.2, 0.25) is 0 Å². The van der Waals surface area contributed by atoms with Crippen molar-refractivity contribution in [2.75, 3.05) is 26.2 Å². The highest BCUT2D eigenvalue weighted by molar-refractivity contribution is 5.26. The van der Waals surface area contributed by atoms with Crippen molar-refractivity contribution < 1.29 is 0 Å². The number of piperidine rings is 1. The van der Waals surface area contributed by atoms with Gasteiger partial charge in [-0.25, -0.2) is 0 Å². The lowest BCUT2D eigenvalue weighted by Crippen LogP contribution is -2.36. The van der Waals surface area contributed by atoms with Gasteiger partial charge in [0.15, 0.2) is 0 Å². The quantitative estimate of drug-likeness (QED) is 0.845. The summed E-state index contributed by atoms with van der Waals surface area (Å²) in [6.07, 6.45) is 3.82. The maximum Gasteiger partial charge on any atom is 0.0236 e. The van der Waals surface area contributed by atoms with E-state index in [9.17, 15) is 0 Å². The third kappa shape index (κ3) is 4.32. The van der Waals surface area contributed by atoms with Crippen molar-refractivity contribution in [3.05, 3.63) is 35.4 Å². The van der Waals surface area contributed by atoms with Gasteiger partial charge in [0.05, 0.1) is 0 Å². The summed E-state index contributed by atoms with van der Waals surface area (Å²) in [5, 5.41) is 3.46. The van der Waals surface area contributed by atoms with Crippen molar-refractivity contribution in [1.82, 2.24) is 10.2 Å². The molecule has 0 aromatic heterocycles. The van der Waals surface area contributed by atoms with E-state index in [0.29, 0.717) is 0 Å². The van der Waals surface area contributed by atoms with Gasteiger partial charge in [-0.2, -0.15) is 0 Å². The predicted octanol–water partition coefficient (Wildman–Crippen LogP) is 3.07. The minimum atomic E-state index is 0.884. The minimum Gasteiger partial charge on any atom is -0.317 e. The van der Waals surface area contributed by atoms with Crippen LogP contribution in [0.3, 0.4) is 0 Å². The van der Waals surface area contributed by atoms with Crippen LogP contribution in [0.15, 0.2) is 24.3 Å². The Kier molecular flexibility index (Phi) is 5.87. The Morgan fingerprint density at radius 3 is 2.42 bits per heavy atom. The summed E-state index contributed by atoms with van der Waals surface area (Å²) in [6, 6.07) is 8.90. The fourth-order valence-electron chi connectivity index (χ4n) is 3.03. The number of aryl methyl sites for hydroxylation is 1. The second-order valence-corrected chi connectivity index (χ2v) is 5.64. The molecule has 2 nitrogen and oxygen atoms in total. The Morgan fingerprint density at radius 2 is 1.79 bits per heavy atom. The first kappa shape index (κ1) is 14.5. The van der Waals surface area contributed by atoms with Crippen molar-refractivity contribution >= 4 is 0 Å². The summed E-state index contributed by atoms with van der Waals surface area (Å²) in [7, 11) is 0. The number of rotatable bonds is 6. The zero-order valence-corrected chi connectivity index (χ0v) is 12.5. The SMILES string of the molecule is CCc1ccccc1CN(CC)CC1CCNCC1. The van der Waals surface area contributed by atoms with E-state index in [4.69, 9.17) is 0 Å². The summed E-state index contributed by atoms with van der Waals surface area (Å²) in [4.78, 5) is 2.62. The molecule has 106 valence electrons. The van der Waals surface area contributed by atoms with Crippen LogP contribution >= 0.6 is 0 Å². The van der Waals surface area contributed by atoms with Gasteiger partial charge in [0.1, 0.15) is 0 Å². The van der Waals surface area contributed by atoms with Crippen LogP contribution in [-0.2, 0) is 13.0 Å². The van der Waals surface area contributed by atoms with Crippen molar-refractivity contribution in [2.45, 2.75) is 39.7 Å². The van der Waals surface area contributed by atoms with Gasteiger partial charge < -0.3 is 5.32 Å². The molecule has 1 fully saturated rings. The Balaban J connectivity index is 1.94. The number of nitrogens with zero attached hydrogens (tertiary/aromatic N) is 1. The third-order valence-corrected chi connectivity index (χ3v) is 4.32. The molecule has 0 saturated carbocycles. The Bertz CT molecular complexity index is 369. The zero-order chi connectivity index (χ0) is 13.5. The molecule has 2 rings (SSSR count). The maximum absolute atomic E-state index is 3.46. The number of nitrogens with one attached hydrogen (secondary N) is 1. The lowest BCUT2D eigenvalue weighted by atomic mass is 9.97. The molecule has 0 radical (unpaired) electrons. The van der Waals surface area contributed by atoms with E-state index < -0.39 is 0 Å². The zero-order valence-electron chi connectivity index (χ0n) is 12.5. The first-order valence-electron chi connectivity index (χ1n) is 7.83. The lowest BCUT2D eigenvalue weighted by Gasteiger charge is -2.29. The Hall–Kier alpha value is -0.860. The smallest absolute Gasteiger partial charge is 0.0236 e. The van der Waals surface area contributed by atoms with Crippen LogP contribution in [0.25, 0.3) is 0 Å². The van der Waals surface area contributed by atoms with Crippen molar-refractivity contribution in [2.24, 2.45) is 5.92 Å².